The number of carbonyl (C=O) groups is 1. The van der Waals surface area contributed by atoms with Crippen molar-refractivity contribution in [1.82, 2.24) is 0 Å². The number of alkyl halides is 3. The summed E-state index contributed by atoms with van der Waals surface area (Å²) in [5.41, 5.74) is -0.104. The predicted molar refractivity (Wildman–Crippen MR) is 87.1 cm³/mol. The van der Waals surface area contributed by atoms with E-state index < -0.39 is 17.6 Å². The molecular formula is C17H19F3N2O2. The fraction of sp³-hybridized carbons (Fsp3) is 0.353. The van der Waals surface area contributed by atoms with Crippen LogP contribution in [0.5, 0.6) is 0 Å². The molecule has 0 atom stereocenters. The first-order valence-corrected chi connectivity index (χ1v) is 7.56. The van der Waals surface area contributed by atoms with Gasteiger partial charge in [0.15, 0.2) is 0 Å². The van der Waals surface area contributed by atoms with Gasteiger partial charge in [-0.05, 0) is 25.1 Å². The van der Waals surface area contributed by atoms with Crippen molar-refractivity contribution in [2.75, 3.05) is 36.5 Å². The van der Waals surface area contributed by atoms with E-state index in [0.29, 0.717) is 32.0 Å². The minimum absolute atomic E-state index is 0.141. The molecule has 0 radical (unpaired) electrons. The summed E-state index contributed by atoms with van der Waals surface area (Å²) in [6.45, 7) is 3.90. The summed E-state index contributed by atoms with van der Waals surface area (Å²) in [7, 11) is 0. The Morgan fingerprint density at radius 3 is 2.58 bits per heavy atom. The Morgan fingerprint density at radius 1 is 1.25 bits per heavy atom. The summed E-state index contributed by atoms with van der Waals surface area (Å²) in [4.78, 5) is 13.8. The normalized spacial score (nSPS) is 16.1. The van der Waals surface area contributed by atoms with Crippen LogP contribution < -0.4 is 10.2 Å². The number of benzene rings is 1. The van der Waals surface area contributed by atoms with Crippen molar-refractivity contribution in [3.63, 3.8) is 0 Å². The van der Waals surface area contributed by atoms with E-state index in [4.69, 9.17) is 4.74 Å². The van der Waals surface area contributed by atoms with E-state index in [1.54, 1.807) is 19.1 Å². The smallest absolute Gasteiger partial charge is 0.378 e. The highest BCUT2D eigenvalue weighted by atomic mass is 19.4. The second-order valence-electron chi connectivity index (χ2n) is 5.20. The molecule has 0 aliphatic carbocycles. The molecule has 130 valence electrons. The third-order valence-corrected chi connectivity index (χ3v) is 3.48. The van der Waals surface area contributed by atoms with Crippen LogP contribution in [0.25, 0.3) is 0 Å². The van der Waals surface area contributed by atoms with Gasteiger partial charge in [0.25, 0.3) is 0 Å². The Labute approximate surface area is 138 Å². The monoisotopic (exact) mass is 340 g/mol. The number of hydrogen-bond donors (Lipinski definition) is 1. The lowest BCUT2D eigenvalue weighted by molar-refractivity contribution is -0.137. The Balaban J connectivity index is 2.30. The molecular weight excluding hydrogens is 321 g/mol. The van der Waals surface area contributed by atoms with Crippen molar-refractivity contribution >= 4 is 17.3 Å². The molecule has 1 fully saturated rings. The maximum atomic E-state index is 13.0. The summed E-state index contributed by atoms with van der Waals surface area (Å²) >= 11 is 0. The Kier molecular flexibility index (Phi) is 6.03. The van der Waals surface area contributed by atoms with E-state index in [-0.39, 0.29) is 5.69 Å². The number of allylic oxidation sites excluding steroid dienone is 3. The second kappa shape index (κ2) is 8.01. The minimum atomic E-state index is -4.47. The quantitative estimate of drug-likeness (QED) is 0.672. The zero-order valence-electron chi connectivity index (χ0n) is 13.3. The van der Waals surface area contributed by atoms with Gasteiger partial charge in [0.2, 0.25) is 5.91 Å². The van der Waals surface area contributed by atoms with Gasteiger partial charge in [-0.2, -0.15) is 13.2 Å². The van der Waals surface area contributed by atoms with Crippen LogP contribution in [0.4, 0.5) is 24.5 Å². The number of anilines is 2. The lowest BCUT2D eigenvalue weighted by Gasteiger charge is -2.30. The highest BCUT2D eigenvalue weighted by Crippen LogP contribution is 2.35. The molecule has 1 aromatic carbocycles. The molecule has 1 aromatic rings. The van der Waals surface area contributed by atoms with Crippen LogP contribution in [0, 0.1) is 0 Å². The molecule has 2 rings (SSSR count). The standard InChI is InChI=1S/C17H19F3N2O2/c1-2-3-4-5-16(23)21-14-12-13(17(18,19)20)6-7-15(14)22-8-10-24-11-9-22/h2-7,12H,8-11H2,1H3,(H,21,23)/b3-2+,5-4+. The first-order chi connectivity index (χ1) is 11.4. The first-order valence-electron chi connectivity index (χ1n) is 7.56. The summed E-state index contributed by atoms with van der Waals surface area (Å²) < 4.78 is 44.1. The van der Waals surface area contributed by atoms with Crippen molar-refractivity contribution in [2.45, 2.75) is 13.1 Å². The molecule has 0 unspecified atom stereocenters. The van der Waals surface area contributed by atoms with Gasteiger partial charge in [0, 0.05) is 19.2 Å². The molecule has 7 heteroatoms. The summed E-state index contributed by atoms with van der Waals surface area (Å²) in [5.74, 6) is -0.484. The second-order valence-corrected chi connectivity index (χ2v) is 5.20. The van der Waals surface area contributed by atoms with Crippen molar-refractivity contribution in [3.8, 4) is 0 Å². The molecule has 4 nitrogen and oxygen atoms in total. The topological polar surface area (TPSA) is 41.6 Å². The average Bonchev–Trinajstić information content (AvgIpc) is 2.55. The number of ether oxygens (including phenoxy) is 1. The van der Waals surface area contributed by atoms with Gasteiger partial charge in [-0.1, -0.05) is 18.2 Å². The number of halogens is 3. The SMILES string of the molecule is C/C=C/C=C/C(=O)Nc1cc(C(F)(F)F)ccc1N1CCOCC1. The number of nitrogens with zero attached hydrogens (tertiary/aromatic N) is 1. The zero-order chi connectivity index (χ0) is 17.6. The van der Waals surface area contributed by atoms with E-state index in [1.165, 1.54) is 18.2 Å². The van der Waals surface area contributed by atoms with Gasteiger partial charge in [0.1, 0.15) is 0 Å². The molecule has 0 bridgehead atoms. The van der Waals surface area contributed by atoms with E-state index in [2.05, 4.69) is 5.32 Å². The van der Waals surface area contributed by atoms with Crippen LogP contribution in [0.15, 0.2) is 42.5 Å². The first kappa shape index (κ1) is 18.1. The molecule has 0 aromatic heterocycles. The molecule has 0 saturated carbocycles. The highest BCUT2D eigenvalue weighted by Gasteiger charge is 2.31. The number of amides is 1. The molecule has 1 amide bonds. The van der Waals surface area contributed by atoms with Crippen molar-refractivity contribution in [1.29, 1.82) is 0 Å². The van der Waals surface area contributed by atoms with E-state index in [9.17, 15) is 18.0 Å². The van der Waals surface area contributed by atoms with Gasteiger partial charge in [0.05, 0.1) is 30.2 Å². The number of nitrogens with one attached hydrogen (secondary N) is 1. The van der Waals surface area contributed by atoms with Crippen molar-refractivity contribution in [2.24, 2.45) is 0 Å². The Hall–Kier alpha value is -2.28. The molecule has 1 aliphatic rings. The maximum absolute atomic E-state index is 13.0. The molecule has 1 heterocycles. The maximum Gasteiger partial charge on any atom is 0.416 e. The number of rotatable bonds is 4. The highest BCUT2D eigenvalue weighted by molar-refractivity contribution is 6.01. The lowest BCUT2D eigenvalue weighted by atomic mass is 10.1. The van der Waals surface area contributed by atoms with Gasteiger partial charge in [-0.25, -0.2) is 0 Å². The minimum Gasteiger partial charge on any atom is -0.378 e. The number of morpholine rings is 1. The predicted octanol–water partition coefficient (Wildman–Crippen LogP) is 3.61. The largest absolute Gasteiger partial charge is 0.416 e. The lowest BCUT2D eigenvalue weighted by Crippen LogP contribution is -2.36. The third kappa shape index (κ3) is 4.86. The Bertz CT molecular complexity index is 633. The van der Waals surface area contributed by atoms with Crippen molar-refractivity contribution in [3.05, 3.63) is 48.1 Å². The van der Waals surface area contributed by atoms with E-state index in [0.717, 1.165) is 12.1 Å². The van der Waals surface area contributed by atoms with Gasteiger partial charge < -0.3 is 15.0 Å². The van der Waals surface area contributed by atoms with Gasteiger partial charge >= 0.3 is 6.18 Å². The van der Waals surface area contributed by atoms with Crippen LogP contribution in [-0.2, 0) is 15.7 Å². The van der Waals surface area contributed by atoms with Crippen LogP contribution in [0.3, 0.4) is 0 Å². The van der Waals surface area contributed by atoms with E-state index in [1.807, 2.05) is 4.90 Å². The van der Waals surface area contributed by atoms with Crippen molar-refractivity contribution < 1.29 is 22.7 Å². The summed E-state index contributed by atoms with van der Waals surface area (Å²) in [6, 6.07) is 3.38. The number of hydrogen-bond acceptors (Lipinski definition) is 3. The number of carbonyl (C=O) groups excluding carboxylic acids is 1. The van der Waals surface area contributed by atoms with Crippen LogP contribution >= 0.6 is 0 Å². The molecule has 0 spiro atoms. The molecule has 24 heavy (non-hydrogen) atoms. The average molecular weight is 340 g/mol. The molecule has 1 N–H and O–H groups in total. The summed E-state index contributed by atoms with van der Waals surface area (Å²) in [5, 5.41) is 2.54. The van der Waals surface area contributed by atoms with Gasteiger partial charge in [-0.15, -0.1) is 0 Å². The fourth-order valence-electron chi connectivity index (χ4n) is 2.32. The van der Waals surface area contributed by atoms with Crippen LogP contribution in [0.2, 0.25) is 0 Å². The summed E-state index contributed by atoms with van der Waals surface area (Å²) in [6.07, 6.45) is 1.73. The third-order valence-electron chi connectivity index (χ3n) is 3.48. The van der Waals surface area contributed by atoms with Gasteiger partial charge in [-0.3, -0.25) is 4.79 Å². The fourth-order valence-corrected chi connectivity index (χ4v) is 2.32. The van der Waals surface area contributed by atoms with Crippen LogP contribution in [0.1, 0.15) is 12.5 Å². The van der Waals surface area contributed by atoms with E-state index >= 15 is 0 Å². The zero-order valence-corrected chi connectivity index (χ0v) is 13.3. The Morgan fingerprint density at radius 2 is 1.96 bits per heavy atom. The van der Waals surface area contributed by atoms with Crippen LogP contribution in [-0.4, -0.2) is 32.2 Å². The molecule has 1 saturated heterocycles. The molecule has 1 aliphatic heterocycles.